The van der Waals surface area contributed by atoms with E-state index in [9.17, 15) is 4.79 Å². The molecule has 4 heteroatoms. The largest absolute Gasteiger partial charge is 0.341 e. The Morgan fingerprint density at radius 3 is 2.65 bits per heavy atom. The first-order valence-corrected chi connectivity index (χ1v) is 5.94. The van der Waals surface area contributed by atoms with Crippen LogP contribution in [0.15, 0.2) is 24.3 Å². The molecule has 0 heterocycles. The minimum absolute atomic E-state index is 0.0333. The molecule has 0 saturated carbocycles. The van der Waals surface area contributed by atoms with Crippen molar-refractivity contribution in [1.29, 1.82) is 0 Å². The zero-order valence-corrected chi connectivity index (χ0v) is 11.3. The second kappa shape index (κ2) is 5.52. The first kappa shape index (κ1) is 14.0. The van der Waals surface area contributed by atoms with Crippen molar-refractivity contribution in [2.45, 2.75) is 13.8 Å². The summed E-state index contributed by atoms with van der Waals surface area (Å²) in [4.78, 5) is 13.8. The van der Waals surface area contributed by atoms with Crippen molar-refractivity contribution < 1.29 is 4.79 Å². The first-order chi connectivity index (χ1) is 7.85. The number of amides is 1. The minimum Gasteiger partial charge on any atom is -0.341 e. The van der Waals surface area contributed by atoms with Crippen LogP contribution in [0.5, 0.6) is 0 Å². The zero-order chi connectivity index (χ0) is 13.1. The fraction of sp³-hybridized carbons (Fsp3) is 0.462. The van der Waals surface area contributed by atoms with Gasteiger partial charge in [0.15, 0.2) is 0 Å². The maximum Gasteiger partial charge on any atom is 0.253 e. The molecule has 0 aliphatic heterocycles. The van der Waals surface area contributed by atoms with E-state index in [-0.39, 0.29) is 11.3 Å². The molecule has 1 amide bonds. The number of benzene rings is 1. The number of rotatable bonds is 4. The highest BCUT2D eigenvalue weighted by atomic mass is 35.5. The van der Waals surface area contributed by atoms with Gasteiger partial charge in [-0.15, -0.1) is 0 Å². The molecule has 0 spiro atoms. The van der Waals surface area contributed by atoms with Gasteiger partial charge in [-0.05, 0) is 30.2 Å². The highest BCUT2D eigenvalue weighted by Gasteiger charge is 2.21. The summed E-state index contributed by atoms with van der Waals surface area (Å²) in [6, 6.07) is 6.97. The minimum atomic E-state index is -0.0804. The highest BCUT2D eigenvalue weighted by Crippen LogP contribution is 2.17. The summed E-state index contributed by atoms with van der Waals surface area (Å²) < 4.78 is 0. The van der Waals surface area contributed by atoms with Gasteiger partial charge < -0.3 is 10.6 Å². The molecule has 0 aliphatic carbocycles. The summed E-state index contributed by atoms with van der Waals surface area (Å²) in [6.45, 7) is 5.23. The lowest BCUT2D eigenvalue weighted by Gasteiger charge is -2.29. The molecule has 2 N–H and O–H groups in total. The summed E-state index contributed by atoms with van der Waals surface area (Å²) in [5, 5.41) is 0.572. The predicted molar refractivity (Wildman–Crippen MR) is 71.2 cm³/mol. The van der Waals surface area contributed by atoms with Crippen LogP contribution in [0.1, 0.15) is 24.2 Å². The molecule has 0 fully saturated rings. The zero-order valence-electron chi connectivity index (χ0n) is 10.5. The van der Waals surface area contributed by atoms with Crippen molar-refractivity contribution in [3.05, 3.63) is 34.9 Å². The Bertz CT molecular complexity index is 404. The van der Waals surface area contributed by atoms with Crippen molar-refractivity contribution >= 4 is 17.5 Å². The van der Waals surface area contributed by atoms with Crippen molar-refractivity contribution in [2.24, 2.45) is 11.1 Å². The van der Waals surface area contributed by atoms with E-state index in [2.05, 4.69) is 0 Å². The summed E-state index contributed by atoms with van der Waals surface area (Å²) >= 11 is 5.86. The molecule has 1 rings (SSSR count). The molecule has 1 aromatic carbocycles. The molecule has 0 atom stereocenters. The molecule has 0 unspecified atom stereocenters. The van der Waals surface area contributed by atoms with Crippen LogP contribution in [0.25, 0.3) is 0 Å². The van der Waals surface area contributed by atoms with Crippen LogP contribution < -0.4 is 5.73 Å². The Morgan fingerprint density at radius 1 is 1.47 bits per heavy atom. The van der Waals surface area contributed by atoms with Crippen LogP contribution in [0.2, 0.25) is 5.02 Å². The summed E-state index contributed by atoms with van der Waals surface area (Å²) in [6.07, 6.45) is 0. The number of halogens is 1. The molecule has 0 aliphatic rings. The lowest BCUT2D eigenvalue weighted by Crippen LogP contribution is -2.39. The Morgan fingerprint density at radius 2 is 2.12 bits per heavy atom. The molecule has 0 saturated heterocycles. The van der Waals surface area contributed by atoms with Gasteiger partial charge in [0.25, 0.3) is 5.91 Å². The molecule has 0 radical (unpaired) electrons. The Labute approximate surface area is 108 Å². The predicted octanol–water partition coefficient (Wildman–Crippen LogP) is 2.40. The van der Waals surface area contributed by atoms with Gasteiger partial charge in [-0.1, -0.05) is 31.5 Å². The molecular weight excluding hydrogens is 236 g/mol. The standard InChI is InChI=1S/C13H19ClN2O/c1-13(2,8-15)9-16(3)12(17)10-5-4-6-11(14)7-10/h4-7H,8-9,15H2,1-3H3. The molecule has 3 nitrogen and oxygen atoms in total. The number of nitrogens with zero attached hydrogens (tertiary/aromatic N) is 1. The average Bonchev–Trinajstić information content (AvgIpc) is 2.27. The Hall–Kier alpha value is -1.06. The molecule has 0 bridgehead atoms. The summed E-state index contributed by atoms with van der Waals surface area (Å²) in [5.74, 6) is -0.0333. The third-order valence-corrected chi connectivity index (χ3v) is 2.87. The van der Waals surface area contributed by atoms with Gasteiger partial charge in [0.2, 0.25) is 0 Å². The van der Waals surface area contributed by atoms with Gasteiger partial charge in [-0.25, -0.2) is 0 Å². The third-order valence-electron chi connectivity index (χ3n) is 2.64. The van der Waals surface area contributed by atoms with Crippen LogP contribution in [-0.2, 0) is 0 Å². The average molecular weight is 255 g/mol. The normalized spacial score (nSPS) is 11.4. The van der Waals surface area contributed by atoms with Crippen LogP contribution in [-0.4, -0.2) is 30.9 Å². The van der Waals surface area contributed by atoms with Gasteiger partial charge in [0, 0.05) is 24.2 Å². The van der Waals surface area contributed by atoms with E-state index < -0.39 is 0 Å². The van der Waals surface area contributed by atoms with E-state index in [4.69, 9.17) is 17.3 Å². The fourth-order valence-electron chi connectivity index (χ4n) is 1.62. The van der Waals surface area contributed by atoms with E-state index in [0.717, 1.165) is 0 Å². The van der Waals surface area contributed by atoms with Crippen molar-refractivity contribution in [3.63, 3.8) is 0 Å². The number of nitrogens with two attached hydrogens (primary N) is 1. The number of carbonyl (C=O) groups is 1. The number of hydrogen-bond donors (Lipinski definition) is 1. The van der Waals surface area contributed by atoms with Crippen molar-refractivity contribution in [3.8, 4) is 0 Å². The maximum atomic E-state index is 12.1. The molecule has 94 valence electrons. The number of hydrogen-bond acceptors (Lipinski definition) is 2. The van der Waals surface area contributed by atoms with E-state index in [1.807, 2.05) is 13.8 Å². The lowest BCUT2D eigenvalue weighted by atomic mass is 9.93. The Kier molecular flexibility index (Phi) is 4.54. The maximum absolute atomic E-state index is 12.1. The second-order valence-electron chi connectivity index (χ2n) is 5.04. The monoisotopic (exact) mass is 254 g/mol. The fourth-order valence-corrected chi connectivity index (χ4v) is 1.81. The van der Waals surface area contributed by atoms with E-state index in [1.54, 1.807) is 36.2 Å². The van der Waals surface area contributed by atoms with Gasteiger partial charge in [0.1, 0.15) is 0 Å². The smallest absolute Gasteiger partial charge is 0.253 e. The van der Waals surface area contributed by atoms with Gasteiger partial charge >= 0.3 is 0 Å². The van der Waals surface area contributed by atoms with Crippen LogP contribution in [0, 0.1) is 5.41 Å². The second-order valence-corrected chi connectivity index (χ2v) is 5.48. The topological polar surface area (TPSA) is 46.3 Å². The molecule has 1 aromatic rings. The molecular formula is C13H19ClN2O. The SMILES string of the molecule is CN(CC(C)(C)CN)C(=O)c1cccc(Cl)c1. The quantitative estimate of drug-likeness (QED) is 0.897. The van der Waals surface area contributed by atoms with Crippen molar-refractivity contribution in [2.75, 3.05) is 20.1 Å². The van der Waals surface area contributed by atoms with E-state index in [0.29, 0.717) is 23.7 Å². The summed E-state index contributed by atoms with van der Waals surface area (Å²) in [5.41, 5.74) is 6.18. The lowest BCUT2D eigenvalue weighted by molar-refractivity contribution is 0.0740. The van der Waals surface area contributed by atoms with Gasteiger partial charge in [-0.2, -0.15) is 0 Å². The van der Waals surface area contributed by atoms with Crippen molar-refractivity contribution in [1.82, 2.24) is 4.90 Å². The first-order valence-electron chi connectivity index (χ1n) is 5.57. The van der Waals surface area contributed by atoms with Gasteiger partial charge in [0.05, 0.1) is 0 Å². The van der Waals surface area contributed by atoms with Crippen LogP contribution in [0.4, 0.5) is 0 Å². The van der Waals surface area contributed by atoms with Gasteiger partial charge in [-0.3, -0.25) is 4.79 Å². The summed E-state index contributed by atoms with van der Waals surface area (Å²) in [7, 11) is 1.78. The molecule has 0 aromatic heterocycles. The van der Waals surface area contributed by atoms with E-state index >= 15 is 0 Å². The highest BCUT2D eigenvalue weighted by molar-refractivity contribution is 6.30. The van der Waals surface area contributed by atoms with Crippen LogP contribution >= 0.6 is 11.6 Å². The molecule has 17 heavy (non-hydrogen) atoms. The Balaban J connectivity index is 2.77. The van der Waals surface area contributed by atoms with E-state index in [1.165, 1.54) is 0 Å². The van der Waals surface area contributed by atoms with Crippen LogP contribution in [0.3, 0.4) is 0 Å². The third kappa shape index (κ3) is 4.02. The number of carbonyl (C=O) groups excluding carboxylic acids is 1.